The standard InChI is InChI=1S/C18H26ClN3O2/c1-13(2)11-18(24)22-9-7-14(8-10-22)21-17(23)12-20-16-6-4-3-5-15(16)19/h3-6,13-14,20H,7-12H2,1-2H3,(H,21,23). The number of carbonyl (C=O) groups excluding carboxylic acids is 2. The van der Waals surface area contributed by atoms with Crippen LogP contribution in [0.5, 0.6) is 0 Å². The summed E-state index contributed by atoms with van der Waals surface area (Å²) in [6, 6.07) is 7.48. The third-order valence-electron chi connectivity index (χ3n) is 4.11. The third-order valence-corrected chi connectivity index (χ3v) is 4.44. The van der Waals surface area contributed by atoms with Gasteiger partial charge in [0.2, 0.25) is 11.8 Å². The number of nitrogens with zero attached hydrogens (tertiary/aromatic N) is 1. The number of anilines is 1. The van der Waals surface area contributed by atoms with Crippen molar-refractivity contribution in [2.45, 2.75) is 39.2 Å². The Kier molecular flexibility index (Phi) is 6.91. The number of benzene rings is 1. The zero-order chi connectivity index (χ0) is 17.5. The molecule has 24 heavy (non-hydrogen) atoms. The minimum Gasteiger partial charge on any atom is -0.375 e. The van der Waals surface area contributed by atoms with E-state index in [1.165, 1.54) is 0 Å². The monoisotopic (exact) mass is 351 g/mol. The second-order valence-corrected chi connectivity index (χ2v) is 7.06. The molecule has 132 valence electrons. The summed E-state index contributed by atoms with van der Waals surface area (Å²) in [5, 5.41) is 6.67. The van der Waals surface area contributed by atoms with Crippen molar-refractivity contribution in [1.82, 2.24) is 10.2 Å². The number of rotatable bonds is 6. The summed E-state index contributed by atoms with van der Waals surface area (Å²) in [6.45, 7) is 5.73. The Hall–Kier alpha value is -1.75. The van der Waals surface area contributed by atoms with Crippen LogP contribution in [0.4, 0.5) is 5.69 Å². The fourth-order valence-corrected chi connectivity index (χ4v) is 3.01. The Labute approximate surface area is 148 Å². The number of carbonyl (C=O) groups is 2. The highest BCUT2D eigenvalue weighted by molar-refractivity contribution is 6.33. The lowest BCUT2D eigenvalue weighted by molar-refractivity contribution is -0.133. The van der Waals surface area contributed by atoms with E-state index in [1.807, 2.05) is 23.1 Å². The number of halogens is 1. The van der Waals surface area contributed by atoms with Crippen molar-refractivity contribution < 1.29 is 9.59 Å². The van der Waals surface area contributed by atoms with Gasteiger partial charge in [-0.05, 0) is 30.9 Å². The van der Waals surface area contributed by atoms with Gasteiger partial charge in [0.25, 0.3) is 0 Å². The molecule has 0 atom stereocenters. The number of amides is 2. The molecule has 1 aromatic rings. The molecule has 0 radical (unpaired) electrons. The van der Waals surface area contributed by atoms with E-state index in [4.69, 9.17) is 11.6 Å². The van der Waals surface area contributed by atoms with E-state index in [0.717, 1.165) is 18.5 Å². The van der Waals surface area contributed by atoms with Gasteiger partial charge in [-0.25, -0.2) is 0 Å². The van der Waals surface area contributed by atoms with Crippen molar-refractivity contribution in [3.05, 3.63) is 29.3 Å². The highest BCUT2D eigenvalue weighted by Crippen LogP contribution is 2.20. The van der Waals surface area contributed by atoms with Crippen molar-refractivity contribution in [3.8, 4) is 0 Å². The number of hydrogen-bond acceptors (Lipinski definition) is 3. The van der Waals surface area contributed by atoms with Gasteiger partial charge in [-0.1, -0.05) is 37.6 Å². The quantitative estimate of drug-likeness (QED) is 0.828. The largest absolute Gasteiger partial charge is 0.375 e. The highest BCUT2D eigenvalue weighted by Gasteiger charge is 2.23. The molecule has 0 aromatic heterocycles. The molecule has 1 aromatic carbocycles. The Morgan fingerprint density at radius 1 is 1.25 bits per heavy atom. The van der Waals surface area contributed by atoms with Crippen molar-refractivity contribution in [2.75, 3.05) is 25.0 Å². The Morgan fingerprint density at radius 2 is 1.92 bits per heavy atom. The summed E-state index contributed by atoms with van der Waals surface area (Å²) in [5.41, 5.74) is 0.753. The lowest BCUT2D eigenvalue weighted by atomic mass is 10.0. The fourth-order valence-electron chi connectivity index (χ4n) is 2.81. The van der Waals surface area contributed by atoms with E-state index < -0.39 is 0 Å². The van der Waals surface area contributed by atoms with Crippen molar-refractivity contribution in [2.24, 2.45) is 5.92 Å². The van der Waals surface area contributed by atoms with Gasteiger partial charge in [0.1, 0.15) is 0 Å². The van der Waals surface area contributed by atoms with Crippen molar-refractivity contribution in [1.29, 1.82) is 0 Å². The summed E-state index contributed by atoms with van der Waals surface area (Å²) in [7, 11) is 0. The first-order chi connectivity index (χ1) is 11.5. The molecule has 2 N–H and O–H groups in total. The zero-order valence-electron chi connectivity index (χ0n) is 14.3. The van der Waals surface area contributed by atoms with Crippen LogP contribution in [0.25, 0.3) is 0 Å². The van der Waals surface area contributed by atoms with Crippen molar-refractivity contribution in [3.63, 3.8) is 0 Å². The molecule has 6 heteroatoms. The predicted octanol–water partition coefficient (Wildman–Crippen LogP) is 2.91. The average Bonchev–Trinajstić information content (AvgIpc) is 2.54. The normalized spacial score (nSPS) is 15.4. The molecular weight excluding hydrogens is 326 g/mol. The molecule has 1 aliphatic rings. The van der Waals surface area contributed by atoms with Crippen LogP contribution in [0.1, 0.15) is 33.1 Å². The molecule has 1 aliphatic heterocycles. The molecule has 0 saturated carbocycles. The van der Waals surface area contributed by atoms with Gasteiger partial charge in [-0.3, -0.25) is 9.59 Å². The molecule has 0 bridgehead atoms. The number of nitrogens with one attached hydrogen (secondary N) is 2. The molecule has 2 amide bonds. The molecule has 5 nitrogen and oxygen atoms in total. The summed E-state index contributed by atoms with van der Waals surface area (Å²) in [4.78, 5) is 26.0. The van der Waals surface area contributed by atoms with E-state index in [0.29, 0.717) is 30.5 Å². The van der Waals surface area contributed by atoms with Crippen LogP contribution in [0.3, 0.4) is 0 Å². The van der Waals surface area contributed by atoms with E-state index in [1.54, 1.807) is 6.07 Å². The first kappa shape index (κ1) is 18.6. The number of para-hydroxylation sites is 1. The molecule has 0 unspecified atom stereocenters. The van der Waals surface area contributed by atoms with Gasteiger partial charge in [0, 0.05) is 25.6 Å². The molecule has 1 saturated heterocycles. The second-order valence-electron chi connectivity index (χ2n) is 6.65. The van der Waals surface area contributed by atoms with E-state index >= 15 is 0 Å². The van der Waals surface area contributed by atoms with Crippen LogP contribution < -0.4 is 10.6 Å². The van der Waals surface area contributed by atoms with E-state index in [2.05, 4.69) is 24.5 Å². The smallest absolute Gasteiger partial charge is 0.239 e. The topological polar surface area (TPSA) is 61.4 Å². The maximum Gasteiger partial charge on any atom is 0.239 e. The predicted molar refractivity (Wildman–Crippen MR) is 97.1 cm³/mol. The van der Waals surface area contributed by atoms with Gasteiger partial charge in [-0.15, -0.1) is 0 Å². The van der Waals surface area contributed by atoms with Gasteiger partial charge in [-0.2, -0.15) is 0 Å². The highest BCUT2D eigenvalue weighted by atomic mass is 35.5. The molecule has 1 heterocycles. The van der Waals surface area contributed by atoms with Crippen LogP contribution in [-0.2, 0) is 9.59 Å². The maximum atomic E-state index is 12.1. The molecular formula is C18H26ClN3O2. The summed E-state index contributed by atoms with van der Waals surface area (Å²) in [6.07, 6.45) is 2.21. The summed E-state index contributed by atoms with van der Waals surface area (Å²) < 4.78 is 0. The van der Waals surface area contributed by atoms with Crippen LogP contribution in [0.2, 0.25) is 5.02 Å². The van der Waals surface area contributed by atoms with Crippen LogP contribution in [0.15, 0.2) is 24.3 Å². The molecule has 0 aliphatic carbocycles. The van der Waals surface area contributed by atoms with Gasteiger partial charge < -0.3 is 15.5 Å². The SMILES string of the molecule is CC(C)CC(=O)N1CCC(NC(=O)CNc2ccccc2Cl)CC1. The number of hydrogen-bond donors (Lipinski definition) is 2. The lowest BCUT2D eigenvalue weighted by Crippen LogP contribution is -2.47. The maximum absolute atomic E-state index is 12.1. The van der Waals surface area contributed by atoms with Gasteiger partial charge in [0.15, 0.2) is 0 Å². The first-order valence-electron chi connectivity index (χ1n) is 8.51. The molecule has 0 spiro atoms. The Balaban J connectivity index is 1.70. The number of piperidine rings is 1. The Morgan fingerprint density at radius 3 is 2.54 bits per heavy atom. The van der Waals surface area contributed by atoms with Gasteiger partial charge in [0.05, 0.1) is 17.3 Å². The second kappa shape index (κ2) is 8.92. The van der Waals surface area contributed by atoms with Crippen molar-refractivity contribution >= 4 is 29.1 Å². The number of likely N-dealkylation sites (tertiary alicyclic amines) is 1. The molecule has 1 fully saturated rings. The lowest BCUT2D eigenvalue weighted by Gasteiger charge is -2.33. The summed E-state index contributed by atoms with van der Waals surface area (Å²) >= 11 is 6.05. The van der Waals surface area contributed by atoms with E-state index in [-0.39, 0.29) is 24.4 Å². The van der Waals surface area contributed by atoms with Crippen LogP contribution in [-0.4, -0.2) is 42.4 Å². The minimum absolute atomic E-state index is 0.0538. The average molecular weight is 352 g/mol. The Bertz CT molecular complexity index is 569. The third kappa shape index (κ3) is 5.71. The van der Waals surface area contributed by atoms with Gasteiger partial charge >= 0.3 is 0 Å². The molecule has 2 rings (SSSR count). The fraction of sp³-hybridized carbons (Fsp3) is 0.556. The zero-order valence-corrected chi connectivity index (χ0v) is 15.1. The van der Waals surface area contributed by atoms with E-state index in [9.17, 15) is 9.59 Å². The van der Waals surface area contributed by atoms with Crippen LogP contribution in [0, 0.1) is 5.92 Å². The summed E-state index contributed by atoms with van der Waals surface area (Å²) in [5.74, 6) is 0.544. The first-order valence-corrected chi connectivity index (χ1v) is 8.89. The van der Waals surface area contributed by atoms with Crippen LogP contribution >= 0.6 is 11.6 Å². The minimum atomic E-state index is -0.0538.